The lowest BCUT2D eigenvalue weighted by Gasteiger charge is -2.45. The van der Waals surface area contributed by atoms with Crippen LogP contribution in [0.1, 0.15) is 37.1 Å². The molecule has 1 heterocycles. The van der Waals surface area contributed by atoms with Crippen LogP contribution >= 0.6 is 23.2 Å². The van der Waals surface area contributed by atoms with Crippen molar-refractivity contribution in [1.82, 2.24) is 5.01 Å². The van der Waals surface area contributed by atoms with Crippen LogP contribution in [0, 0.1) is 4.91 Å². The van der Waals surface area contributed by atoms with Crippen LogP contribution < -0.4 is 0 Å². The Balaban J connectivity index is 2.38. The zero-order valence-electron chi connectivity index (χ0n) is 18.3. The molecule has 0 spiro atoms. The Bertz CT molecular complexity index is 1110. The van der Waals surface area contributed by atoms with E-state index in [2.05, 4.69) is 5.29 Å². The van der Waals surface area contributed by atoms with Crippen LogP contribution in [0.25, 0.3) is 0 Å². The van der Waals surface area contributed by atoms with Crippen LogP contribution in [0.5, 0.6) is 0 Å². The molecular weight excluding hydrogens is 507 g/mol. The van der Waals surface area contributed by atoms with Gasteiger partial charge in [-0.1, -0.05) is 59.6 Å². The van der Waals surface area contributed by atoms with Crippen LogP contribution in [-0.4, -0.2) is 49.1 Å². The van der Waals surface area contributed by atoms with Gasteiger partial charge in [0.2, 0.25) is 0 Å². The largest absolute Gasteiger partial charge is 0.465 e. The summed E-state index contributed by atoms with van der Waals surface area (Å²) in [6.07, 6.45) is 0. The Morgan fingerprint density at radius 1 is 0.853 bits per heavy atom. The summed E-state index contributed by atoms with van der Waals surface area (Å²) in [7, 11) is -4.69. The van der Waals surface area contributed by atoms with E-state index in [1.54, 1.807) is 24.3 Å². The average Bonchev–Trinajstić information content (AvgIpc) is 2.78. The Morgan fingerprint density at radius 3 is 1.56 bits per heavy atom. The molecule has 0 bridgehead atoms. The van der Waals surface area contributed by atoms with Crippen molar-refractivity contribution in [3.05, 3.63) is 74.6 Å². The van der Waals surface area contributed by atoms with Crippen molar-refractivity contribution < 1.29 is 27.5 Å². The Morgan fingerprint density at radius 2 is 1.24 bits per heavy atom. The molecule has 2 aromatic carbocycles. The van der Waals surface area contributed by atoms with Crippen LogP contribution in [0.15, 0.2) is 53.8 Å². The van der Waals surface area contributed by atoms with Gasteiger partial charge in [-0.3, -0.25) is 9.59 Å². The van der Waals surface area contributed by atoms with Gasteiger partial charge in [-0.25, -0.2) is 13.4 Å². The average molecular weight is 529 g/mol. The number of hydrogen-bond donors (Lipinski definition) is 0. The van der Waals surface area contributed by atoms with Crippen molar-refractivity contribution in [1.29, 1.82) is 0 Å². The second kappa shape index (κ2) is 10.7. The number of carbonyl (C=O) groups is 2. The number of benzene rings is 2. The zero-order chi connectivity index (χ0) is 25.0. The molecule has 0 aromatic heterocycles. The molecule has 0 amide bonds. The summed E-state index contributed by atoms with van der Waals surface area (Å²) in [5.41, 5.74) is 0.287. The first-order chi connectivity index (χ1) is 16.2. The summed E-state index contributed by atoms with van der Waals surface area (Å²) in [4.78, 5) is 38.3. The topological polar surface area (TPSA) is 119 Å². The molecule has 9 nitrogen and oxygen atoms in total. The third-order valence-corrected chi connectivity index (χ3v) is 8.44. The summed E-state index contributed by atoms with van der Waals surface area (Å²) < 4.78 is 38.0. The lowest BCUT2D eigenvalue weighted by Crippen LogP contribution is -2.59. The van der Waals surface area contributed by atoms with Crippen molar-refractivity contribution in [2.45, 2.75) is 36.4 Å². The highest BCUT2D eigenvalue weighted by Crippen LogP contribution is 2.49. The van der Waals surface area contributed by atoms with Crippen molar-refractivity contribution >= 4 is 45.0 Å². The summed E-state index contributed by atoms with van der Waals surface area (Å²) in [5.74, 6) is -2.29. The molecule has 0 saturated carbocycles. The summed E-state index contributed by atoms with van der Waals surface area (Å²) >= 11 is 12.7. The van der Waals surface area contributed by atoms with Gasteiger partial charge in [-0.15, -0.1) is 4.91 Å². The monoisotopic (exact) mass is 528 g/mol. The van der Waals surface area contributed by atoms with Gasteiger partial charge in [-0.2, -0.15) is 0 Å². The molecule has 34 heavy (non-hydrogen) atoms. The molecule has 0 N–H and O–H groups in total. The fourth-order valence-corrected chi connectivity index (χ4v) is 6.83. The molecular formula is C22H22Cl2N2O7S. The molecule has 1 aliphatic heterocycles. The van der Waals surface area contributed by atoms with Crippen molar-refractivity contribution in [2.24, 2.45) is 5.29 Å². The molecule has 2 aromatic rings. The van der Waals surface area contributed by atoms with E-state index in [0.717, 1.165) is 5.01 Å². The predicted molar refractivity (Wildman–Crippen MR) is 126 cm³/mol. The molecule has 1 fully saturated rings. The van der Waals surface area contributed by atoms with Crippen LogP contribution in [-0.2, 0) is 28.9 Å². The van der Waals surface area contributed by atoms with E-state index in [4.69, 9.17) is 32.7 Å². The van der Waals surface area contributed by atoms with E-state index in [9.17, 15) is 22.9 Å². The fraction of sp³-hybridized carbons (Fsp3) is 0.364. The first-order valence-corrected chi connectivity index (χ1v) is 12.7. The molecule has 182 valence electrons. The van der Waals surface area contributed by atoms with Gasteiger partial charge in [0, 0.05) is 10.0 Å². The van der Waals surface area contributed by atoms with E-state index < -0.39 is 44.4 Å². The summed E-state index contributed by atoms with van der Waals surface area (Å²) in [6, 6.07) is 9.27. The standard InChI is InChI=1S/C22H22Cl2N2O7S/c1-3-32-21(27)19-17(13-9-5-7-11-15(13)23)26(25-29)18(14-10-6-8-12-16(14)24)20(34(19,30)31)22(28)33-4-2/h5-12,17-20H,3-4H2,1-2H3. The number of nitroso groups, excluding NO2 is 1. The van der Waals surface area contributed by atoms with Crippen LogP contribution in [0.2, 0.25) is 10.0 Å². The SMILES string of the molecule is CCOC(=O)C1C(c2ccccc2Cl)N(N=O)C(c2ccccc2Cl)C(C(=O)OCC)S1(=O)=O. The minimum Gasteiger partial charge on any atom is -0.465 e. The van der Waals surface area contributed by atoms with E-state index in [-0.39, 0.29) is 34.4 Å². The third-order valence-electron chi connectivity index (χ3n) is 5.43. The normalized spacial score (nSPS) is 23.7. The van der Waals surface area contributed by atoms with Gasteiger partial charge in [0.15, 0.2) is 20.3 Å². The van der Waals surface area contributed by atoms with Gasteiger partial charge in [-0.05, 0) is 37.1 Å². The highest BCUT2D eigenvalue weighted by Gasteiger charge is 2.61. The highest BCUT2D eigenvalue weighted by molar-refractivity contribution is 7.94. The maximum absolute atomic E-state index is 13.9. The first-order valence-electron chi connectivity index (χ1n) is 10.4. The minimum absolute atomic E-state index is 0.0955. The lowest BCUT2D eigenvalue weighted by atomic mass is 9.95. The zero-order valence-corrected chi connectivity index (χ0v) is 20.6. The molecule has 0 aliphatic carbocycles. The van der Waals surface area contributed by atoms with Gasteiger partial charge in [0.25, 0.3) is 0 Å². The molecule has 12 heteroatoms. The second-order valence-electron chi connectivity index (χ2n) is 7.33. The van der Waals surface area contributed by atoms with E-state index >= 15 is 0 Å². The van der Waals surface area contributed by atoms with Gasteiger partial charge in [0.05, 0.1) is 18.5 Å². The predicted octanol–water partition coefficient (Wildman–Crippen LogP) is 4.05. The molecule has 1 saturated heterocycles. The highest BCUT2D eigenvalue weighted by atomic mass is 35.5. The van der Waals surface area contributed by atoms with E-state index in [0.29, 0.717) is 0 Å². The number of hydrogen-bond acceptors (Lipinski definition) is 8. The maximum atomic E-state index is 13.9. The number of rotatable bonds is 7. The Labute approximate surface area is 206 Å². The number of carbonyl (C=O) groups excluding carboxylic acids is 2. The maximum Gasteiger partial charge on any atom is 0.326 e. The summed E-state index contributed by atoms with van der Waals surface area (Å²) in [5, 5.41) is 0.138. The number of halogens is 2. The smallest absolute Gasteiger partial charge is 0.326 e. The lowest BCUT2D eigenvalue weighted by molar-refractivity contribution is -0.147. The minimum atomic E-state index is -4.69. The molecule has 1 aliphatic rings. The number of esters is 2. The summed E-state index contributed by atoms with van der Waals surface area (Å²) in [6.45, 7) is 2.74. The fourth-order valence-electron chi connectivity index (χ4n) is 4.09. The second-order valence-corrected chi connectivity index (χ2v) is 10.3. The van der Waals surface area contributed by atoms with Crippen molar-refractivity contribution in [2.75, 3.05) is 13.2 Å². The van der Waals surface area contributed by atoms with Gasteiger partial charge >= 0.3 is 11.9 Å². The van der Waals surface area contributed by atoms with Crippen molar-refractivity contribution in [3.63, 3.8) is 0 Å². The molecule has 4 atom stereocenters. The number of ether oxygens (including phenoxy) is 2. The third kappa shape index (κ3) is 4.62. The van der Waals surface area contributed by atoms with Gasteiger partial charge in [0.1, 0.15) is 12.1 Å². The first kappa shape index (κ1) is 25.9. The quantitative estimate of drug-likeness (QED) is 0.389. The van der Waals surface area contributed by atoms with Crippen molar-refractivity contribution in [3.8, 4) is 0 Å². The van der Waals surface area contributed by atoms with E-state index in [1.165, 1.54) is 38.1 Å². The molecule has 3 rings (SSSR count). The van der Waals surface area contributed by atoms with Crippen LogP contribution in [0.3, 0.4) is 0 Å². The number of nitrogens with zero attached hydrogens (tertiary/aromatic N) is 2. The van der Waals surface area contributed by atoms with E-state index in [1.807, 2.05) is 0 Å². The van der Waals surface area contributed by atoms with Gasteiger partial charge < -0.3 is 9.47 Å². The molecule has 4 unspecified atom stereocenters. The Hall–Kier alpha value is -2.69. The van der Waals surface area contributed by atoms with Crippen LogP contribution in [0.4, 0.5) is 0 Å². The number of sulfone groups is 1. The molecule has 0 radical (unpaired) electrons. The Kier molecular flexibility index (Phi) is 8.17.